The van der Waals surface area contributed by atoms with Gasteiger partial charge in [0, 0.05) is 11.8 Å². The summed E-state index contributed by atoms with van der Waals surface area (Å²) in [4.78, 5) is 0. The van der Waals surface area contributed by atoms with E-state index < -0.39 is 0 Å². The number of hydrogen-bond acceptors (Lipinski definition) is 0. The van der Waals surface area contributed by atoms with E-state index in [-0.39, 0.29) is 0 Å². The van der Waals surface area contributed by atoms with Gasteiger partial charge in [0.05, 0.1) is 0 Å². The highest BCUT2D eigenvalue weighted by Gasteiger charge is 2.30. The van der Waals surface area contributed by atoms with Crippen LogP contribution in [0.5, 0.6) is 0 Å². The van der Waals surface area contributed by atoms with Crippen LogP contribution in [0.1, 0.15) is 44.7 Å². The van der Waals surface area contributed by atoms with E-state index in [1.807, 2.05) is 0 Å². The SMILES string of the molecule is CC(C)C1=CC(C(C)C)C(C2C=Cc3ccccc32)=C1. The second-order valence-electron chi connectivity index (χ2n) is 6.70. The molecule has 2 aliphatic carbocycles. The highest BCUT2D eigenvalue weighted by Crippen LogP contribution is 2.45. The van der Waals surface area contributed by atoms with Crippen LogP contribution in [0.3, 0.4) is 0 Å². The maximum Gasteiger partial charge on any atom is 0.0246 e. The first-order valence-corrected chi connectivity index (χ1v) is 7.78. The summed E-state index contributed by atoms with van der Waals surface area (Å²) >= 11 is 0. The zero-order valence-corrected chi connectivity index (χ0v) is 12.9. The molecule has 2 unspecified atom stereocenters. The zero-order chi connectivity index (χ0) is 14.3. The Hall–Kier alpha value is -1.56. The predicted octanol–water partition coefficient (Wildman–Crippen LogP) is 5.59. The van der Waals surface area contributed by atoms with Gasteiger partial charge in [0.25, 0.3) is 0 Å². The van der Waals surface area contributed by atoms with Gasteiger partial charge in [-0.25, -0.2) is 0 Å². The van der Waals surface area contributed by atoms with E-state index in [2.05, 4.69) is 76.3 Å². The van der Waals surface area contributed by atoms with Gasteiger partial charge in [0.1, 0.15) is 0 Å². The van der Waals surface area contributed by atoms with E-state index in [1.165, 1.54) is 16.7 Å². The second-order valence-corrected chi connectivity index (χ2v) is 6.70. The first-order chi connectivity index (χ1) is 9.58. The number of benzene rings is 1. The summed E-state index contributed by atoms with van der Waals surface area (Å²) in [5.41, 5.74) is 5.96. The summed E-state index contributed by atoms with van der Waals surface area (Å²) < 4.78 is 0. The van der Waals surface area contributed by atoms with Crippen LogP contribution in [-0.4, -0.2) is 0 Å². The molecule has 0 heterocycles. The Morgan fingerprint density at radius 3 is 2.45 bits per heavy atom. The molecule has 20 heavy (non-hydrogen) atoms. The van der Waals surface area contributed by atoms with Crippen molar-refractivity contribution in [3.8, 4) is 0 Å². The van der Waals surface area contributed by atoms with Crippen LogP contribution in [0.15, 0.2) is 53.6 Å². The van der Waals surface area contributed by atoms with Crippen molar-refractivity contribution in [2.45, 2.75) is 33.6 Å². The fourth-order valence-electron chi connectivity index (χ4n) is 3.41. The molecule has 0 spiro atoms. The summed E-state index contributed by atoms with van der Waals surface area (Å²) in [7, 11) is 0. The summed E-state index contributed by atoms with van der Waals surface area (Å²) in [5.74, 6) is 2.35. The zero-order valence-electron chi connectivity index (χ0n) is 12.9. The van der Waals surface area contributed by atoms with Crippen LogP contribution in [-0.2, 0) is 0 Å². The van der Waals surface area contributed by atoms with Crippen molar-refractivity contribution in [1.82, 2.24) is 0 Å². The molecule has 0 saturated heterocycles. The monoisotopic (exact) mass is 264 g/mol. The summed E-state index contributed by atoms with van der Waals surface area (Å²) in [6.45, 7) is 9.26. The fourth-order valence-corrected chi connectivity index (χ4v) is 3.41. The second kappa shape index (κ2) is 5.09. The van der Waals surface area contributed by atoms with E-state index in [9.17, 15) is 0 Å². The molecule has 0 amide bonds. The molecule has 0 N–H and O–H groups in total. The van der Waals surface area contributed by atoms with Gasteiger partial charge in [-0.05, 0) is 28.5 Å². The fraction of sp³-hybridized carbons (Fsp3) is 0.400. The summed E-state index contributed by atoms with van der Waals surface area (Å²) in [6.07, 6.45) is 9.63. The molecule has 0 saturated carbocycles. The van der Waals surface area contributed by atoms with Gasteiger partial charge in [-0.2, -0.15) is 0 Å². The topological polar surface area (TPSA) is 0 Å². The van der Waals surface area contributed by atoms with E-state index >= 15 is 0 Å². The number of hydrogen-bond donors (Lipinski definition) is 0. The van der Waals surface area contributed by atoms with Crippen LogP contribution in [0, 0.1) is 17.8 Å². The van der Waals surface area contributed by atoms with E-state index in [0.29, 0.717) is 23.7 Å². The molecule has 0 aliphatic heterocycles. The number of allylic oxidation sites excluding steroid dienone is 5. The van der Waals surface area contributed by atoms with Gasteiger partial charge in [-0.1, -0.05) is 81.8 Å². The molecule has 2 aliphatic rings. The molecule has 1 aromatic rings. The first-order valence-electron chi connectivity index (χ1n) is 7.78. The molecule has 0 radical (unpaired) electrons. The van der Waals surface area contributed by atoms with E-state index in [4.69, 9.17) is 0 Å². The Balaban J connectivity index is 1.99. The number of rotatable bonds is 3. The first kappa shape index (κ1) is 13.4. The minimum Gasteiger partial charge on any atom is -0.0736 e. The van der Waals surface area contributed by atoms with Crippen LogP contribution in [0.25, 0.3) is 6.08 Å². The maximum atomic E-state index is 2.50. The van der Waals surface area contributed by atoms with E-state index in [1.54, 1.807) is 5.57 Å². The van der Waals surface area contributed by atoms with Gasteiger partial charge in [0.15, 0.2) is 0 Å². The summed E-state index contributed by atoms with van der Waals surface area (Å²) in [5, 5.41) is 0. The lowest BCUT2D eigenvalue weighted by molar-refractivity contribution is 0.515. The lowest BCUT2D eigenvalue weighted by Crippen LogP contribution is -2.11. The Bertz CT molecular complexity index is 596. The average Bonchev–Trinajstić information content (AvgIpc) is 3.02. The molecule has 0 bridgehead atoms. The van der Waals surface area contributed by atoms with Crippen LogP contribution in [0.2, 0.25) is 0 Å². The Labute approximate surface area is 122 Å². The van der Waals surface area contributed by atoms with Crippen molar-refractivity contribution < 1.29 is 0 Å². The molecule has 0 nitrogen and oxygen atoms in total. The minimum atomic E-state index is 0.478. The van der Waals surface area contributed by atoms with Crippen LogP contribution >= 0.6 is 0 Å². The molecular formula is C20H24. The Morgan fingerprint density at radius 2 is 1.75 bits per heavy atom. The van der Waals surface area contributed by atoms with Gasteiger partial charge in [-0.3, -0.25) is 0 Å². The summed E-state index contributed by atoms with van der Waals surface area (Å²) in [6, 6.07) is 8.80. The van der Waals surface area contributed by atoms with Crippen molar-refractivity contribution in [1.29, 1.82) is 0 Å². The maximum absolute atomic E-state index is 2.50. The third kappa shape index (κ3) is 2.18. The normalized spacial score (nSPS) is 24.3. The third-order valence-corrected chi connectivity index (χ3v) is 4.63. The Kier molecular flexibility index (Phi) is 3.41. The lowest BCUT2D eigenvalue weighted by Gasteiger charge is -2.23. The van der Waals surface area contributed by atoms with Crippen molar-refractivity contribution in [3.63, 3.8) is 0 Å². The molecule has 0 aromatic heterocycles. The molecular weight excluding hydrogens is 240 g/mol. The van der Waals surface area contributed by atoms with Gasteiger partial charge < -0.3 is 0 Å². The smallest absolute Gasteiger partial charge is 0.0246 e. The van der Waals surface area contributed by atoms with Gasteiger partial charge >= 0.3 is 0 Å². The molecule has 3 rings (SSSR count). The standard InChI is InChI=1S/C20H24/c1-13(2)16-11-19(14(3)4)20(12-16)18-10-9-15-7-5-6-8-17(15)18/h5-14,18-19H,1-4H3. The van der Waals surface area contributed by atoms with Crippen molar-refractivity contribution >= 4 is 6.08 Å². The van der Waals surface area contributed by atoms with Gasteiger partial charge in [0.2, 0.25) is 0 Å². The molecule has 2 atom stereocenters. The largest absolute Gasteiger partial charge is 0.0736 e. The van der Waals surface area contributed by atoms with Crippen molar-refractivity contribution in [2.75, 3.05) is 0 Å². The van der Waals surface area contributed by atoms with Crippen LogP contribution < -0.4 is 0 Å². The molecule has 0 heteroatoms. The average molecular weight is 264 g/mol. The van der Waals surface area contributed by atoms with E-state index in [0.717, 1.165) is 0 Å². The quantitative estimate of drug-likeness (QED) is 0.667. The molecule has 104 valence electrons. The van der Waals surface area contributed by atoms with Crippen LogP contribution in [0.4, 0.5) is 0 Å². The van der Waals surface area contributed by atoms with Gasteiger partial charge in [-0.15, -0.1) is 0 Å². The predicted molar refractivity (Wildman–Crippen MR) is 87.5 cm³/mol. The third-order valence-electron chi connectivity index (χ3n) is 4.63. The lowest BCUT2D eigenvalue weighted by atomic mass is 9.81. The highest BCUT2D eigenvalue weighted by atomic mass is 14.3. The minimum absolute atomic E-state index is 0.478. The van der Waals surface area contributed by atoms with Crippen molar-refractivity contribution in [3.05, 3.63) is 64.8 Å². The Morgan fingerprint density at radius 1 is 1.00 bits per heavy atom. The number of fused-ring (bicyclic) bond motifs is 1. The van der Waals surface area contributed by atoms with Crippen molar-refractivity contribution in [2.24, 2.45) is 17.8 Å². The molecule has 1 aromatic carbocycles. The molecule has 0 fully saturated rings. The highest BCUT2D eigenvalue weighted by molar-refractivity contribution is 5.66.